The second kappa shape index (κ2) is 8.47. The van der Waals surface area contributed by atoms with Crippen molar-refractivity contribution in [1.29, 1.82) is 0 Å². The third-order valence-electron chi connectivity index (χ3n) is 2.79. The molecule has 0 aromatic heterocycles. The number of anilines is 1. The highest BCUT2D eigenvalue weighted by Crippen LogP contribution is 2.15. The zero-order valence-corrected chi connectivity index (χ0v) is 14.9. The first-order valence-electron chi connectivity index (χ1n) is 6.62. The zero-order chi connectivity index (χ0) is 16.8. The number of primary sulfonamides is 1. The largest absolute Gasteiger partial charge is 0.358 e. The van der Waals surface area contributed by atoms with Gasteiger partial charge in [0.15, 0.2) is 0 Å². The van der Waals surface area contributed by atoms with Crippen LogP contribution in [0.4, 0.5) is 5.69 Å². The number of hydrogen-bond donors (Lipinski definition) is 2. The maximum absolute atomic E-state index is 11.9. The average Bonchev–Trinajstić information content (AvgIpc) is 2.46. The first kappa shape index (κ1) is 18.9. The molecule has 0 aliphatic heterocycles. The van der Waals surface area contributed by atoms with Crippen LogP contribution in [0.15, 0.2) is 29.2 Å². The van der Waals surface area contributed by atoms with Crippen molar-refractivity contribution in [2.75, 3.05) is 24.2 Å². The van der Waals surface area contributed by atoms with E-state index in [1.165, 1.54) is 30.0 Å². The minimum absolute atomic E-state index is 0.0448. The first-order valence-corrected chi connectivity index (χ1v) is 9.56. The summed E-state index contributed by atoms with van der Waals surface area (Å²) in [6, 6.07) is 5.80. The second-order valence-corrected chi connectivity index (χ2v) is 7.52. The summed E-state index contributed by atoms with van der Waals surface area (Å²) >= 11 is 6.51. The molecular weight excluding hydrogens is 342 g/mol. The lowest BCUT2D eigenvalue weighted by Crippen LogP contribution is -2.28. The maximum atomic E-state index is 11.9. The molecule has 0 unspecified atom stereocenters. The Labute approximate surface area is 140 Å². The number of carbonyl (C=O) groups is 1. The Morgan fingerprint density at radius 3 is 2.55 bits per heavy atom. The molecule has 0 radical (unpaired) electrons. The summed E-state index contributed by atoms with van der Waals surface area (Å²) < 4.78 is 23.2. The van der Waals surface area contributed by atoms with Crippen LogP contribution in [0.1, 0.15) is 13.8 Å². The van der Waals surface area contributed by atoms with E-state index in [0.29, 0.717) is 10.0 Å². The molecule has 0 spiro atoms. The molecule has 6 nitrogen and oxygen atoms in total. The summed E-state index contributed by atoms with van der Waals surface area (Å²) in [6.07, 6.45) is 0. The van der Waals surface area contributed by atoms with Crippen molar-refractivity contribution >= 4 is 49.9 Å². The summed E-state index contributed by atoms with van der Waals surface area (Å²) in [6.45, 7) is 5.57. The van der Waals surface area contributed by atoms with Gasteiger partial charge >= 0.3 is 0 Å². The minimum atomic E-state index is -3.79. The topological polar surface area (TPSA) is 92.5 Å². The Hall–Kier alpha value is -1.16. The number of nitrogens with zero attached hydrogens (tertiary/aromatic N) is 1. The Morgan fingerprint density at radius 1 is 1.36 bits per heavy atom. The zero-order valence-electron chi connectivity index (χ0n) is 12.4. The minimum Gasteiger partial charge on any atom is -0.358 e. The highest BCUT2D eigenvalue weighted by molar-refractivity contribution is 8.23. The Morgan fingerprint density at radius 2 is 2.00 bits per heavy atom. The van der Waals surface area contributed by atoms with Gasteiger partial charge in [-0.2, -0.15) is 0 Å². The molecule has 0 aliphatic carbocycles. The fraction of sp³-hybridized carbons (Fsp3) is 0.385. The van der Waals surface area contributed by atoms with E-state index in [-0.39, 0.29) is 16.6 Å². The molecular formula is C13H19N3O3S3. The van der Waals surface area contributed by atoms with Crippen LogP contribution < -0.4 is 10.5 Å². The molecule has 9 heteroatoms. The number of sulfonamides is 1. The van der Waals surface area contributed by atoms with E-state index in [1.54, 1.807) is 6.07 Å². The molecule has 1 amide bonds. The quantitative estimate of drug-likeness (QED) is 0.748. The van der Waals surface area contributed by atoms with Crippen molar-refractivity contribution in [3.05, 3.63) is 24.3 Å². The molecule has 0 saturated carbocycles. The molecule has 22 heavy (non-hydrogen) atoms. The standard InChI is InChI=1S/C13H19N3O3S3/c1-3-16(4-2)13(20)21-9-12(17)15-10-6-5-7-11(8-10)22(14,18)19/h5-8H,3-4,9H2,1-2H3,(H,15,17)(H2,14,18,19). The number of benzene rings is 1. The molecule has 0 heterocycles. The lowest BCUT2D eigenvalue weighted by atomic mass is 10.3. The average molecular weight is 362 g/mol. The van der Waals surface area contributed by atoms with Crippen LogP contribution in [0.3, 0.4) is 0 Å². The number of thiocarbonyl (C=S) groups is 1. The number of nitrogens with two attached hydrogens (primary N) is 1. The van der Waals surface area contributed by atoms with E-state index in [9.17, 15) is 13.2 Å². The summed E-state index contributed by atoms with van der Waals surface area (Å²) in [5, 5.41) is 7.68. The molecule has 0 atom stereocenters. The SMILES string of the molecule is CCN(CC)C(=S)SCC(=O)Nc1cccc(S(N)(=O)=O)c1. The van der Waals surface area contributed by atoms with Crippen LogP contribution in [-0.2, 0) is 14.8 Å². The van der Waals surface area contributed by atoms with E-state index in [1.807, 2.05) is 18.7 Å². The molecule has 0 fully saturated rings. The summed E-state index contributed by atoms with van der Waals surface area (Å²) in [7, 11) is -3.79. The van der Waals surface area contributed by atoms with Gasteiger partial charge in [-0.15, -0.1) is 0 Å². The van der Waals surface area contributed by atoms with Crippen molar-refractivity contribution in [2.24, 2.45) is 5.14 Å². The highest BCUT2D eigenvalue weighted by Gasteiger charge is 2.11. The van der Waals surface area contributed by atoms with Gasteiger partial charge in [-0.3, -0.25) is 4.79 Å². The smallest absolute Gasteiger partial charge is 0.238 e. The molecule has 1 aromatic carbocycles. The predicted octanol–water partition coefficient (Wildman–Crippen LogP) is 1.63. The van der Waals surface area contributed by atoms with Crippen molar-refractivity contribution in [2.45, 2.75) is 18.7 Å². The molecule has 0 bridgehead atoms. The molecule has 1 aromatic rings. The third-order valence-corrected chi connectivity index (χ3v) is 5.23. The number of amides is 1. The Balaban J connectivity index is 2.61. The maximum Gasteiger partial charge on any atom is 0.238 e. The molecule has 122 valence electrons. The van der Waals surface area contributed by atoms with Crippen LogP contribution in [0.2, 0.25) is 0 Å². The van der Waals surface area contributed by atoms with E-state index >= 15 is 0 Å². The molecule has 3 N–H and O–H groups in total. The van der Waals surface area contributed by atoms with E-state index in [0.717, 1.165) is 13.1 Å². The summed E-state index contributed by atoms with van der Waals surface area (Å²) in [5.41, 5.74) is 0.380. The van der Waals surface area contributed by atoms with Crippen LogP contribution in [0.25, 0.3) is 0 Å². The van der Waals surface area contributed by atoms with Crippen LogP contribution in [-0.4, -0.2) is 42.4 Å². The fourth-order valence-electron chi connectivity index (χ4n) is 1.65. The van der Waals surface area contributed by atoms with Crippen molar-refractivity contribution in [3.63, 3.8) is 0 Å². The Bertz CT molecular complexity index is 643. The monoisotopic (exact) mass is 361 g/mol. The van der Waals surface area contributed by atoms with Gasteiger partial charge in [-0.1, -0.05) is 30.0 Å². The van der Waals surface area contributed by atoms with Gasteiger partial charge in [-0.25, -0.2) is 13.6 Å². The number of rotatable bonds is 6. The molecule has 0 saturated heterocycles. The third kappa shape index (κ3) is 5.91. The van der Waals surface area contributed by atoms with Crippen LogP contribution in [0.5, 0.6) is 0 Å². The van der Waals surface area contributed by atoms with Gasteiger partial charge in [0.1, 0.15) is 4.32 Å². The lowest BCUT2D eigenvalue weighted by Gasteiger charge is -2.20. The van der Waals surface area contributed by atoms with Gasteiger partial charge in [0.05, 0.1) is 10.6 Å². The molecule has 1 rings (SSSR count). The van der Waals surface area contributed by atoms with Gasteiger partial charge < -0.3 is 10.2 Å². The van der Waals surface area contributed by atoms with E-state index in [2.05, 4.69) is 5.32 Å². The van der Waals surface area contributed by atoms with Crippen molar-refractivity contribution in [1.82, 2.24) is 4.90 Å². The predicted molar refractivity (Wildman–Crippen MR) is 94.4 cm³/mol. The highest BCUT2D eigenvalue weighted by atomic mass is 32.2. The summed E-state index contributed by atoms with van der Waals surface area (Å²) in [4.78, 5) is 13.8. The van der Waals surface area contributed by atoms with Gasteiger partial charge in [-0.05, 0) is 32.0 Å². The fourth-order valence-corrected chi connectivity index (χ4v) is 3.41. The summed E-state index contributed by atoms with van der Waals surface area (Å²) in [5.74, 6) is -0.0966. The van der Waals surface area contributed by atoms with Gasteiger partial charge in [0, 0.05) is 18.8 Å². The number of carbonyl (C=O) groups excluding carboxylic acids is 1. The van der Waals surface area contributed by atoms with Gasteiger partial charge in [0.25, 0.3) is 0 Å². The molecule has 0 aliphatic rings. The Kier molecular flexibility index (Phi) is 7.27. The van der Waals surface area contributed by atoms with Gasteiger partial charge in [0.2, 0.25) is 15.9 Å². The van der Waals surface area contributed by atoms with E-state index < -0.39 is 10.0 Å². The van der Waals surface area contributed by atoms with Crippen LogP contribution >= 0.6 is 24.0 Å². The number of thioether (sulfide) groups is 1. The normalized spacial score (nSPS) is 11.0. The van der Waals surface area contributed by atoms with E-state index in [4.69, 9.17) is 17.4 Å². The first-order chi connectivity index (χ1) is 10.3. The second-order valence-electron chi connectivity index (χ2n) is 4.35. The number of nitrogens with one attached hydrogen (secondary N) is 1. The number of hydrogen-bond acceptors (Lipinski definition) is 5. The van der Waals surface area contributed by atoms with Crippen molar-refractivity contribution in [3.8, 4) is 0 Å². The van der Waals surface area contributed by atoms with Crippen molar-refractivity contribution < 1.29 is 13.2 Å². The van der Waals surface area contributed by atoms with Crippen LogP contribution in [0, 0.1) is 0 Å². The lowest BCUT2D eigenvalue weighted by molar-refractivity contribution is -0.113.